The number of benzene rings is 2. The summed E-state index contributed by atoms with van der Waals surface area (Å²) in [5.41, 5.74) is 7.80. The number of ether oxygens (including phenoxy) is 1. The van der Waals surface area contributed by atoms with E-state index in [1.165, 1.54) is 16.8 Å². The Kier molecular flexibility index (Phi) is 8.15. The number of carbonyl (C=O) groups is 1. The molecule has 8 rings (SSSR count). The maximum Gasteiger partial charge on any atom is 0.237 e. The molecule has 1 unspecified atom stereocenters. The Labute approximate surface area is 286 Å². The van der Waals surface area contributed by atoms with Crippen molar-refractivity contribution in [2.45, 2.75) is 39.2 Å². The van der Waals surface area contributed by atoms with Crippen molar-refractivity contribution >= 4 is 28.1 Å². The average molecular weight is 658 g/mol. The van der Waals surface area contributed by atoms with Gasteiger partial charge < -0.3 is 14.5 Å². The highest BCUT2D eigenvalue weighted by Crippen LogP contribution is 2.42. The molecule has 1 atom stereocenters. The third-order valence-corrected chi connectivity index (χ3v) is 10.3. The van der Waals surface area contributed by atoms with Crippen molar-refractivity contribution in [3.05, 3.63) is 78.8 Å². The fourth-order valence-corrected chi connectivity index (χ4v) is 7.66. The van der Waals surface area contributed by atoms with Gasteiger partial charge in [0.15, 0.2) is 5.82 Å². The number of amides is 1. The van der Waals surface area contributed by atoms with Crippen LogP contribution in [0.2, 0.25) is 0 Å². The van der Waals surface area contributed by atoms with Crippen molar-refractivity contribution in [2.75, 3.05) is 50.7 Å². The molecule has 3 aliphatic rings. The van der Waals surface area contributed by atoms with E-state index in [0.29, 0.717) is 19.0 Å². The Balaban J connectivity index is 0.867. The molecule has 252 valence electrons. The average Bonchev–Trinajstić information content (AvgIpc) is 3.92. The second-order valence-corrected chi connectivity index (χ2v) is 14.1. The van der Waals surface area contributed by atoms with Crippen LogP contribution >= 0.6 is 0 Å². The molecule has 2 saturated heterocycles. The van der Waals surface area contributed by atoms with Crippen molar-refractivity contribution in [1.29, 1.82) is 0 Å². The van der Waals surface area contributed by atoms with Gasteiger partial charge in [-0.05, 0) is 75.1 Å². The number of hydrogen-bond donors (Lipinski definition) is 1. The number of anilines is 1. The van der Waals surface area contributed by atoms with E-state index in [1.807, 2.05) is 44.1 Å². The van der Waals surface area contributed by atoms with Gasteiger partial charge in [-0.1, -0.05) is 30.3 Å². The first-order valence-corrected chi connectivity index (χ1v) is 17.3. The summed E-state index contributed by atoms with van der Waals surface area (Å²) >= 11 is 0. The molecule has 11 heteroatoms. The summed E-state index contributed by atoms with van der Waals surface area (Å²) in [7, 11) is 1.87. The van der Waals surface area contributed by atoms with Gasteiger partial charge in [0.2, 0.25) is 11.8 Å². The molecule has 49 heavy (non-hydrogen) atoms. The molecular formula is C38H43N9O2. The molecule has 1 spiro atoms. The lowest BCUT2D eigenvalue weighted by Crippen LogP contribution is -2.42. The van der Waals surface area contributed by atoms with Gasteiger partial charge >= 0.3 is 0 Å². The van der Waals surface area contributed by atoms with Crippen LogP contribution in [0.4, 0.5) is 5.69 Å². The van der Waals surface area contributed by atoms with Gasteiger partial charge in [0, 0.05) is 79.7 Å². The van der Waals surface area contributed by atoms with Crippen LogP contribution in [0.15, 0.2) is 73.2 Å². The van der Waals surface area contributed by atoms with Gasteiger partial charge in [0.05, 0.1) is 18.2 Å². The lowest BCUT2D eigenvalue weighted by Gasteiger charge is -2.29. The monoisotopic (exact) mass is 657 g/mol. The molecular weight excluding hydrogens is 614 g/mol. The fourth-order valence-electron chi connectivity index (χ4n) is 7.66. The van der Waals surface area contributed by atoms with Crippen molar-refractivity contribution in [2.24, 2.45) is 12.5 Å². The van der Waals surface area contributed by atoms with Gasteiger partial charge in [0.1, 0.15) is 12.0 Å². The summed E-state index contributed by atoms with van der Waals surface area (Å²) in [5, 5.41) is 13.3. The van der Waals surface area contributed by atoms with Crippen molar-refractivity contribution in [1.82, 2.24) is 39.7 Å². The third-order valence-electron chi connectivity index (χ3n) is 10.3. The highest BCUT2D eigenvalue weighted by molar-refractivity contribution is 5.95. The first-order valence-electron chi connectivity index (χ1n) is 17.3. The van der Waals surface area contributed by atoms with E-state index >= 15 is 0 Å². The Morgan fingerprint density at radius 3 is 2.51 bits per heavy atom. The number of aryl methyl sites for hydroxylation is 1. The normalized spacial score (nSPS) is 19.8. The predicted octanol–water partition coefficient (Wildman–Crippen LogP) is 5.43. The predicted molar refractivity (Wildman–Crippen MR) is 191 cm³/mol. The molecule has 0 aliphatic carbocycles. The number of aromatic nitrogens is 6. The van der Waals surface area contributed by atoms with Crippen molar-refractivity contribution in [3.63, 3.8) is 0 Å². The smallest absolute Gasteiger partial charge is 0.237 e. The van der Waals surface area contributed by atoms with Crippen LogP contribution < -0.4 is 9.64 Å². The van der Waals surface area contributed by atoms with Gasteiger partial charge in [-0.2, -0.15) is 10.2 Å². The highest BCUT2D eigenvalue weighted by Gasteiger charge is 2.44. The third kappa shape index (κ3) is 6.42. The first-order chi connectivity index (χ1) is 23.8. The topological polar surface area (TPSA) is 108 Å². The quantitative estimate of drug-likeness (QED) is 0.236. The summed E-state index contributed by atoms with van der Waals surface area (Å²) in [6.07, 6.45) is 8.97. The summed E-state index contributed by atoms with van der Waals surface area (Å²) in [4.78, 5) is 29.2. The maximum atomic E-state index is 13.4. The van der Waals surface area contributed by atoms with Crippen LogP contribution in [0.3, 0.4) is 0 Å². The summed E-state index contributed by atoms with van der Waals surface area (Å²) in [6, 6.07) is 18.9. The van der Waals surface area contributed by atoms with Crippen molar-refractivity contribution < 1.29 is 9.53 Å². The zero-order valence-corrected chi connectivity index (χ0v) is 28.5. The minimum atomic E-state index is 0.0801. The lowest BCUT2D eigenvalue weighted by molar-refractivity contribution is -0.131. The van der Waals surface area contributed by atoms with Crippen LogP contribution in [0.1, 0.15) is 38.7 Å². The van der Waals surface area contributed by atoms with E-state index in [4.69, 9.17) is 4.74 Å². The Bertz CT molecular complexity index is 2000. The number of fused-ring (bicyclic) bond motifs is 1. The van der Waals surface area contributed by atoms with Crippen molar-refractivity contribution in [3.8, 4) is 28.5 Å². The second kappa shape index (κ2) is 12.8. The number of H-pyrrole nitrogens is 1. The molecule has 11 nitrogen and oxygen atoms in total. The van der Waals surface area contributed by atoms with Gasteiger partial charge in [-0.3, -0.25) is 19.5 Å². The Morgan fingerprint density at radius 1 is 0.959 bits per heavy atom. The molecule has 0 bridgehead atoms. The molecule has 3 aromatic heterocycles. The molecule has 0 radical (unpaired) electrons. The number of nitrogens with one attached hydrogen (secondary N) is 1. The fraction of sp³-hybridized carbons (Fsp3) is 0.395. The number of hydrogen-bond acceptors (Lipinski definition) is 8. The van der Waals surface area contributed by atoms with E-state index in [2.05, 4.69) is 83.6 Å². The van der Waals surface area contributed by atoms with Gasteiger partial charge in [-0.25, -0.2) is 9.97 Å². The highest BCUT2D eigenvalue weighted by atomic mass is 16.5. The van der Waals surface area contributed by atoms with Gasteiger partial charge in [-0.15, -0.1) is 0 Å². The molecule has 1 N–H and O–H groups in total. The summed E-state index contributed by atoms with van der Waals surface area (Å²) in [6.45, 7) is 9.87. The Morgan fingerprint density at radius 2 is 1.78 bits per heavy atom. The Hall–Kier alpha value is -5.03. The first kappa shape index (κ1) is 31.3. The largest absolute Gasteiger partial charge is 0.475 e. The van der Waals surface area contributed by atoms with Crippen LogP contribution in [-0.4, -0.2) is 97.6 Å². The van der Waals surface area contributed by atoms with E-state index in [9.17, 15) is 4.79 Å². The number of nitrogens with zero attached hydrogens (tertiary/aromatic N) is 8. The van der Waals surface area contributed by atoms with Crippen LogP contribution in [0.25, 0.3) is 39.1 Å². The number of aromatic amines is 1. The van der Waals surface area contributed by atoms with Gasteiger partial charge in [0.25, 0.3) is 0 Å². The SMILES string of the molecule is CC(C)Oc1ccc(-c2n[nH]c3ccc(N4CCC5(CCN(CC(=O)N6CC=C(c7ccc(-c8ncn(C)n8)cc7)CC6)C5)C4)cc23)cn1. The summed E-state index contributed by atoms with van der Waals surface area (Å²) < 4.78 is 7.44. The number of likely N-dealkylation sites (tertiary alicyclic amines) is 1. The number of pyridine rings is 1. The zero-order valence-electron chi connectivity index (χ0n) is 28.5. The number of carbonyl (C=O) groups excluding carboxylic acids is 1. The van der Waals surface area contributed by atoms with Crippen LogP contribution in [-0.2, 0) is 11.8 Å². The summed E-state index contributed by atoms with van der Waals surface area (Å²) in [5.74, 6) is 1.58. The molecule has 2 aromatic carbocycles. The van der Waals surface area contributed by atoms with Crippen LogP contribution in [0.5, 0.6) is 5.88 Å². The minimum Gasteiger partial charge on any atom is -0.475 e. The van der Waals surface area contributed by atoms with E-state index in [0.717, 1.165) is 85.5 Å². The molecule has 3 aliphatic heterocycles. The molecule has 5 aromatic rings. The van der Waals surface area contributed by atoms with E-state index in [1.54, 1.807) is 11.0 Å². The van der Waals surface area contributed by atoms with E-state index < -0.39 is 0 Å². The zero-order chi connectivity index (χ0) is 33.5. The second-order valence-electron chi connectivity index (χ2n) is 14.1. The van der Waals surface area contributed by atoms with Crippen LogP contribution in [0, 0.1) is 5.41 Å². The number of rotatable bonds is 8. The van der Waals surface area contributed by atoms with E-state index in [-0.39, 0.29) is 17.4 Å². The maximum absolute atomic E-state index is 13.4. The lowest BCUT2D eigenvalue weighted by atomic mass is 9.86. The minimum absolute atomic E-state index is 0.0801. The molecule has 0 saturated carbocycles. The molecule has 1 amide bonds. The molecule has 6 heterocycles. The standard InChI is InChI=1S/C38H43N9O2/c1-26(2)49-34-11-8-30(21-39-34)36-32-20-31(9-10-33(32)41-42-36)47-19-15-38(24-47)14-18-45(23-38)22-35(48)46-16-12-28(13-17-46)27-4-6-29(7-5-27)37-40-25-44(3)43-37/h4-12,20-21,25-26H,13-19,22-24H2,1-3H3,(H,41,42). The molecule has 2 fully saturated rings.